The van der Waals surface area contributed by atoms with E-state index < -0.39 is 11.6 Å². The molecule has 0 saturated carbocycles. The molecule has 7 heteroatoms. The van der Waals surface area contributed by atoms with Crippen LogP contribution in [0.25, 0.3) is 16.6 Å². The Hall–Kier alpha value is -3.48. The first-order chi connectivity index (χ1) is 11.6. The molecule has 0 atom stereocenters. The van der Waals surface area contributed by atoms with Gasteiger partial charge in [0.2, 0.25) is 0 Å². The summed E-state index contributed by atoms with van der Waals surface area (Å²) in [5, 5.41) is 3.67. The van der Waals surface area contributed by atoms with Crippen molar-refractivity contribution >= 4 is 28.1 Å². The number of carbonyl (C=O) groups excluding carboxylic acids is 1. The zero-order chi connectivity index (χ0) is 16.7. The molecule has 3 heterocycles. The number of carbonyl (C=O) groups is 1. The number of fused-ring (bicyclic) bond motifs is 2. The molecule has 3 aromatic heterocycles. The molecule has 0 aliphatic rings. The second kappa shape index (κ2) is 5.31. The van der Waals surface area contributed by atoms with Crippen LogP contribution >= 0.6 is 0 Å². The molecule has 2 N–H and O–H groups in total. The summed E-state index contributed by atoms with van der Waals surface area (Å²) < 4.78 is 1.34. The number of amides is 1. The number of benzene rings is 1. The third kappa shape index (κ3) is 2.23. The SMILES string of the molecule is Cc1ccc(NC(=O)c2cc3nccn3c(=O)[nH]2)c2cccnc12. The van der Waals surface area contributed by atoms with Crippen LogP contribution in [0.15, 0.2) is 53.7 Å². The zero-order valence-electron chi connectivity index (χ0n) is 12.8. The van der Waals surface area contributed by atoms with E-state index in [-0.39, 0.29) is 5.69 Å². The summed E-state index contributed by atoms with van der Waals surface area (Å²) in [4.78, 5) is 35.4. The summed E-state index contributed by atoms with van der Waals surface area (Å²) >= 11 is 0. The van der Waals surface area contributed by atoms with Crippen LogP contribution in [-0.4, -0.2) is 25.3 Å². The molecule has 1 aromatic carbocycles. The van der Waals surface area contributed by atoms with E-state index in [4.69, 9.17) is 0 Å². The van der Waals surface area contributed by atoms with E-state index in [1.165, 1.54) is 22.9 Å². The predicted molar refractivity (Wildman–Crippen MR) is 90.2 cm³/mol. The lowest BCUT2D eigenvalue weighted by atomic mass is 10.1. The van der Waals surface area contributed by atoms with Crippen LogP contribution in [0, 0.1) is 6.92 Å². The topological polar surface area (TPSA) is 92.2 Å². The Bertz CT molecular complexity index is 1140. The number of pyridine rings is 1. The minimum atomic E-state index is -0.411. The molecule has 1 amide bonds. The van der Waals surface area contributed by atoms with Crippen molar-refractivity contribution in [3.05, 3.63) is 70.7 Å². The Balaban J connectivity index is 1.76. The van der Waals surface area contributed by atoms with Gasteiger partial charge in [0.1, 0.15) is 11.3 Å². The number of aromatic nitrogens is 4. The van der Waals surface area contributed by atoms with Crippen LogP contribution in [-0.2, 0) is 0 Å². The monoisotopic (exact) mass is 319 g/mol. The van der Waals surface area contributed by atoms with E-state index >= 15 is 0 Å². The maximum absolute atomic E-state index is 12.5. The molecule has 0 radical (unpaired) electrons. The van der Waals surface area contributed by atoms with E-state index in [1.54, 1.807) is 6.20 Å². The van der Waals surface area contributed by atoms with Crippen LogP contribution in [0.5, 0.6) is 0 Å². The van der Waals surface area contributed by atoms with Crippen LogP contribution in [0.1, 0.15) is 16.1 Å². The summed E-state index contributed by atoms with van der Waals surface area (Å²) in [6.45, 7) is 1.96. The van der Waals surface area contributed by atoms with E-state index in [9.17, 15) is 9.59 Å². The highest BCUT2D eigenvalue weighted by molar-refractivity contribution is 6.08. The second-order valence-corrected chi connectivity index (χ2v) is 5.43. The maximum atomic E-state index is 12.5. The highest BCUT2D eigenvalue weighted by atomic mass is 16.2. The van der Waals surface area contributed by atoms with Gasteiger partial charge in [0.15, 0.2) is 0 Å². The number of hydrogen-bond donors (Lipinski definition) is 2. The molecule has 4 aromatic rings. The first kappa shape index (κ1) is 14.1. The molecule has 0 unspecified atom stereocenters. The number of nitrogens with one attached hydrogen (secondary N) is 2. The summed E-state index contributed by atoms with van der Waals surface area (Å²) in [6, 6.07) is 8.96. The minimum absolute atomic E-state index is 0.149. The third-order valence-corrected chi connectivity index (χ3v) is 3.87. The van der Waals surface area contributed by atoms with Gasteiger partial charge >= 0.3 is 5.69 Å². The van der Waals surface area contributed by atoms with Crippen molar-refractivity contribution in [2.45, 2.75) is 6.92 Å². The fourth-order valence-electron chi connectivity index (χ4n) is 2.67. The molecule has 4 rings (SSSR count). The average Bonchev–Trinajstić information content (AvgIpc) is 3.07. The van der Waals surface area contributed by atoms with E-state index in [2.05, 4.69) is 20.3 Å². The highest BCUT2D eigenvalue weighted by Gasteiger charge is 2.12. The molecular weight excluding hydrogens is 306 g/mol. The number of aromatic amines is 1. The van der Waals surface area contributed by atoms with Gasteiger partial charge in [-0.2, -0.15) is 0 Å². The maximum Gasteiger partial charge on any atom is 0.331 e. The lowest BCUT2D eigenvalue weighted by Crippen LogP contribution is -2.22. The molecule has 0 aliphatic carbocycles. The standard InChI is InChI=1S/C17H13N5O2/c1-10-4-5-12(11-3-2-6-19-15(10)11)20-16(23)13-9-14-18-7-8-22(14)17(24)21-13/h2-9H,1H3,(H,20,23)(H,21,24). The van der Waals surface area contributed by atoms with Gasteiger partial charge in [-0.3, -0.25) is 14.2 Å². The highest BCUT2D eigenvalue weighted by Crippen LogP contribution is 2.24. The predicted octanol–water partition coefficient (Wildman–Crippen LogP) is 2.13. The molecule has 118 valence electrons. The number of hydrogen-bond acceptors (Lipinski definition) is 4. The Morgan fingerprint density at radius 3 is 2.96 bits per heavy atom. The van der Waals surface area contributed by atoms with E-state index in [0.717, 1.165) is 16.5 Å². The zero-order valence-corrected chi connectivity index (χ0v) is 12.8. The van der Waals surface area contributed by atoms with E-state index in [1.807, 2.05) is 31.2 Å². The van der Waals surface area contributed by atoms with Crippen molar-refractivity contribution in [1.82, 2.24) is 19.4 Å². The largest absolute Gasteiger partial charge is 0.331 e. The Morgan fingerprint density at radius 1 is 1.21 bits per heavy atom. The molecule has 0 spiro atoms. The minimum Gasteiger partial charge on any atom is -0.320 e. The number of aryl methyl sites for hydroxylation is 1. The Kier molecular flexibility index (Phi) is 3.13. The van der Waals surface area contributed by atoms with Crippen molar-refractivity contribution in [2.24, 2.45) is 0 Å². The van der Waals surface area contributed by atoms with Gasteiger partial charge in [0, 0.05) is 30.0 Å². The molecule has 0 saturated heterocycles. The molecule has 0 fully saturated rings. The fraction of sp³-hybridized carbons (Fsp3) is 0.0588. The second-order valence-electron chi connectivity index (χ2n) is 5.43. The Morgan fingerprint density at radius 2 is 2.08 bits per heavy atom. The molecule has 24 heavy (non-hydrogen) atoms. The first-order valence-electron chi connectivity index (χ1n) is 7.35. The van der Waals surface area contributed by atoms with Gasteiger partial charge in [0.25, 0.3) is 5.91 Å². The smallest absolute Gasteiger partial charge is 0.320 e. The average molecular weight is 319 g/mol. The van der Waals surface area contributed by atoms with Crippen LogP contribution in [0.3, 0.4) is 0 Å². The first-order valence-corrected chi connectivity index (χ1v) is 7.35. The van der Waals surface area contributed by atoms with Gasteiger partial charge in [-0.15, -0.1) is 0 Å². The third-order valence-electron chi connectivity index (χ3n) is 3.87. The van der Waals surface area contributed by atoms with Crippen molar-refractivity contribution in [1.29, 1.82) is 0 Å². The quantitative estimate of drug-likeness (QED) is 0.592. The summed E-state index contributed by atoms with van der Waals surface area (Å²) in [6.07, 6.45) is 4.76. The van der Waals surface area contributed by atoms with Crippen molar-refractivity contribution in [3.8, 4) is 0 Å². The molecule has 0 aliphatic heterocycles. The van der Waals surface area contributed by atoms with Crippen LogP contribution in [0.4, 0.5) is 5.69 Å². The molecular formula is C17H13N5O2. The summed E-state index contributed by atoms with van der Waals surface area (Å²) in [7, 11) is 0. The van der Waals surface area contributed by atoms with Crippen LogP contribution in [0.2, 0.25) is 0 Å². The lowest BCUT2D eigenvalue weighted by molar-refractivity contribution is 0.102. The van der Waals surface area contributed by atoms with Gasteiger partial charge in [-0.1, -0.05) is 6.07 Å². The lowest BCUT2D eigenvalue weighted by Gasteiger charge is -2.10. The van der Waals surface area contributed by atoms with E-state index in [0.29, 0.717) is 11.3 Å². The van der Waals surface area contributed by atoms with Gasteiger partial charge < -0.3 is 10.3 Å². The number of anilines is 1. The molecule has 0 bridgehead atoms. The summed E-state index contributed by atoms with van der Waals surface area (Å²) in [5.41, 5.74) is 2.64. The fourth-order valence-corrected chi connectivity index (χ4v) is 2.67. The normalized spacial score (nSPS) is 11.0. The Labute approximate surface area is 136 Å². The number of imidazole rings is 1. The number of rotatable bonds is 2. The van der Waals surface area contributed by atoms with Crippen molar-refractivity contribution < 1.29 is 4.79 Å². The molecule has 7 nitrogen and oxygen atoms in total. The van der Waals surface area contributed by atoms with Crippen LogP contribution < -0.4 is 11.0 Å². The number of H-pyrrole nitrogens is 1. The van der Waals surface area contributed by atoms with Crippen molar-refractivity contribution in [3.63, 3.8) is 0 Å². The van der Waals surface area contributed by atoms with Gasteiger partial charge in [-0.25, -0.2) is 9.78 Å². The van der Waals surface area contributed by atoms with Gasteiger partial charge in [0.05, 0.1) is 11.2 Å². The summed E-state index contributed by atoms with van der Waals surface area (Å²) in [5.74, 6) is -0.411. The number of nitrogens with zero attached hydrogens (tertiary/aromatic N) is 3. The van der Waals surface area contributed by atoms with Crippen molar-refractivity contribution in [2.75, 3.05) is 5.32 Å². The van der Waals surface area contributed by atoms with Gasteiger partial charge in [-0.05, 0) is 30.7 Å².